The Bertz CT molecular complexity index is 362. The maximum atomic E-state index is 10.9. The highest BCUT2D eigenvalue weighted by atomic mass is 32.2. The van der Waals surface area contributed by atoms with Gasteiger partial charge in [-0.3, -0.25) is 4.79 Å². The number of rotatable bonds is 5. The quantitative estimate of drug-likeness (QED) is 0.774. The lowest BCUT2D eigenvalue weighted by atomic mass is 10.5. The minimum absolute atomic E-state index is 0.00353. The van der Waals surface area contributed by atoms with Crippen LogP contribution in [0.2, 0.25) is 0 Å². The van der Waals surface area contributed by atoms with Crippen LogP contribution in [0.3, 0.4) is 0 Å². The molecule has 0 fully saturated rings. The molecule has 0 atom stereocenters. The Hall–Kier alpha value is -1.01. The first-order chi connectivity index (χ1) is 7.13. The van der Waals surface area contributed by atoms with E-state index in [1.807, 2.05) is 0 Å². The summed E-state index contributed by atoms with van der Waals surface area (Å²) in [5.41, 5.74) is 0. The topological polar surface area (TPSA) is 66.4 Å². The molecule has 0 saturated carbocycles. The molecule has 4 nitrogen and oxygen atoms in total. The van der Waals surface area contributed by atoms with Crippen molar-refractivity contribution in [3.8, 4) is 0 Å². The molecule has 0 aromatic carbocycles. The van der Waals surface area contributed by atoms with E-state index in [-0.39, 0.29) is 5.91 Å². The molecule has 0 bridgehead atoms. The molecule has 2 N–H and O–H groups in total. The Morgan fingerprint density at radius 1 is 1.60 bits per heavy atom. The van der Waals surface area contributed by atoms with Crippen molar-refractivity contribution < 1.29 is 14.7 Å². The van der Waals surface area contributed by atoms with E-state index in [1.54, 1.807) is 18.5 Å². The predicted molar refractivity (Wildman–Crippen MR) is 60.7 cm³/mol. The van der Waals surface area contributed by atoms with E-state index in [1.165, 1.54) is 23.1 Å². The van der Waals surface area contributed by atoms with Crippen LogP contribution in [0.1, 0.15) is 16.1 Å². The summed E-state index contributed by atoms with van der Waals surface area (Å²) in [4.78, 5) is 22.7. The Kier molecular flexibility index (Phi) is 4.64. The summed E-state index contributed by atoms with van der Waals surface area (Å²) in [6.45, 7) is 0. The second-order valence-electron chi connectivity index (χ2n) is 2.72. The van der Waals surface area contributed by atoms with Gasteiger partial charge >= 0.3 is 5.97 Å². The third-order valence-electron chi connectivity index (χ3n) is 1.66. The second kappa shape index (κ2) is 5.77. The number of carboxylic acids is 1. The summed E-state index contributed by atoms with van der Waals surface area (Å²) < 4.78 is 0. The number of carbonyl (C=O) groups excluding carboxylic acids is 1. The molecular weight excluding hydrogens is 234 g/mol. The van der Waals surface area contributed by atoms with E-state index >= 15 is 0 Å². The molecule has 0 unspecified atom stereocenters. The molecule has 0 saturated heterocycles. The van der Waals surface area contributed by atoms with E-state index in [9.17, 15) is 9.59 Å². The molecule has 0 spiro atoms. The third kappa shape index (κ3) is 3.93. The summed E-state index contributed by atoms with van der Waals surface area (Å²) in [5, 5.41) is 13.0. The Labute approximate surface area is 95.7 Å². The average Bonchev–Trinajstić information content (AvgIpc) is 2.66. The molecule has 1 aromatic rings. The largest absolute Gasteiger partial charge is 0.477 e. The van der Waals surface area contributed by atoms with Gasteiger partial charge in [0.05, 0.1) is 0 Å². The van der Waals surface area contributed by atoms with Crippen molar-refractivity contribution >= 4 is 35.0 Å². The lowest BCUT2D eigenvalue weighted by Gasteiger charge is -1.97. The number of carbonyl (C=O) groups is 2. The first kappa shape index (κ1) is 12.1. The first-order valence-corrected chi connectivity index (χ1v) is 6.15. The fraction of sp³-hybridized carbons (Fsp3) is 0.333. The van der Waals surface area contributed by atoms with Crippen molar-refractivity contribution in [2.45, 2.75) is 11.3 Å². The third-order valence-corrected chi connectivity index (χ3v) is 3.71. The highest BCUT2D eigenvalue weighted by Gasteiger charge is 2.07. The van der Waals surface area contributed by atoms with Gasteiger partial charge in [0.15, 0.2) is 0 Å². The maximum Gasteiger partial charge on any atom is 0.345 e. The van der Waals surface area contributed by atoms with Crippen LogP contribution < -0.4 is 5.32 Å². The number of hydrogen-bond donors (Lipinski definition) is 2. The van der Waals surface area contributed by atoms with Gasteiger partial charge in [-0.2, -0.15) is 0 Å². The van der Waals surface area contributed by atoms with Crippen LogP contribution in [0.25, 0.3) is 0 Å². The van der Waals surface area contributed by atoms with Crippen LogP contribution in [-0.4, -0.2) is 29.8 Å². The standard InChI is InChI=1S/C9H11NO3S2/c1-10-8(11)2-3-14-6-4-7(9(12)13)15-5-6/h4-5H,2-3H2,1H3,(H,10,11)(H,12,13). The summed E-state index contributed by atoms with van der Waals surface area (Å²) in [6, 6.07) is 1.63. The van der Waals surface area contributed by atoms with Crippen LogP contribution in [0, 0.1) is 0 Å². The number of thioether (sulfide) groups is 1. The molecule has 0 radical (unpaired) electrons. The van der Waals surface area contributed by atoms with Crippen LogP contribution in [0.4, 0.5) is 0 Å². The Balaban J connectivity index is 2.38. The lowest BCUT2D eigenvalue weighted by molar-refractivity contribution is -0.120. The molecule has 0 aliphatic rings. The lowest BCUT2D eigenvalue weighted by Crippen LogP contribution is -2.17. The minimum atomic E-state index is -0.904. The van der Waals surface area contributed by atoms with Gasteiger partial charge in [-0.15, -0.1) is 23.1 Å². The fourth-order valence-electron chi connectivity index (χ4n) is 0.893. The van der Waals surface area contributed by atoms with Gasteiger partial charge in [0, 0.05) is 29.5 Å². The molecule has 1 rings (SSSR count). The number of aromatic carboxylic acids is 1. The molecule has 0 aliphatic carbocycles. The van der Waals surface area contributed by atoms with Gasteiger partial charge < -0.3 is 10.4 Å². The van der Waals surface area contributed by atoms with Crippen LogP contribution >= 0.6 is 23.1 Å². The molecule has 1 amide bonds. The van der Waals surface area contributed by atoms with Gasteiger partial charge in [-0.05, 0) is 6.07 Å². The van der Waals surface area contributed by atoms with Crippen molar-refractivity contribution in [2.24, 2.45) is 0 Å². The van der Waals surface area contributed by atoms with Gasteiger partial charge in [0.2, 0.25) is 5.91 Å². The molecule has 1 heterocycles. The molecule has 0 aliphatic heterocycles. The van der Waals surface area contributed by atoms with E-state index in [0.29, 0.717) is 17.1 Å². The Morgan fingerprint density at radius 2 is 2.33 bits per heavy atom. The summed E-state index contributed by atoms with van der Waals surface area (Å²) >= 11 is 2.69. The number of thiophene rings is 1. The first-order valence-electron chi connectivity index (χ1n) is 4.28. The zero-order valence-electron chi connectivity index (χ0n) is 8.15. The van der Waals surface area contributed by atoms with Gasteiger partial charge in [0.1, 0.15) is 4.88 Å². The number of hydrogen-bond acceptors (Lipinski definition) is 4. The molecule has 15 heavy (non-hydrogen) atoms. The van der Waals surface area contributed by atoms with Crippen LogP contribution in [0.15, 0.2) is 16.3 Å². The molecule has 1 aromatic heterocycles. The molecular formula is C9H11NO3S2. The van der Waals surface area contributed by atoms with E-state index in [4.69, 9.17) is 5.11 Å². The van der Waals surface area contributed by atoms with Crippen LogP contribution in [-0.2, 0) is 4.79 Å². The number of amides is 1. The van der Waals surface area contributed by atoms with Crippen molar-refractivity contribution in [1.29, 1.82) is 0 Å². The van der Waals surface area contributed by atoms with Gasteiger partial charge in [-0.1, -0.05) is 0 Å². The monoisotopic (exact) mass is 245 g/mol. The predicted octanol–water partition coefficient (Wildman–Crippen LogP) is 1.67. The highest BCUT2D eigenvalue weighted by molar-refractivity contribution is 7.99. The number of carboxylic acid groups (broad SMARTS) is 1. The zero-order valence-corrected chi connectivity index (χ0v) is 9.78. The average molecular weight is 245 g/mol. The normalized spacial score (nSPS) is 9.93. The maximum absolute atomic E-state index is 10.9. The molecule has 82 valence electrons. The van der Waals surface area contributed by atoms with Gasteiger partial charge in [-0.25, -0.2) is 4.79 Å². The van der Waals surface area contributed by atoms with E-state index < -0.39 is 5.97 Å². The van der Waals surface area contributed by atoms with Crippen LogP contribution in [0.5, 0.6) is 0 Å². The van der Waals surface area contributed by atoms with E-state index in [0.717, 1.165) is 4.90 Å². The van der Waals surface area contributed by atoms with Crippen molar-refractivity contribution in [3.63, 3.8) is 0 Å². The van der Waals surface area contributed by atoms with Crippen molar-refractivity contribution in [3.05, 3.63) is 16.3 Å². The highest BCUT2D eigenvalue weighted by Crippen LogP contribution is 2.25. The van der Waals surface area contributed by atoms with E-state index in [2.05, 4.69) is 5.32 Å². The van der Waals surface area contributed by atoms with Gasteiger partial charge in [0.25, 0.3) is 0 Å². The second-order valence-corrected chi connectivity index (χ2v) is 4.80. The zero-order chi connectivity index (χ0) is 11.3. The minimum Gasteiger partial charge on any atom is -0.477 e. The summed E-state index contributed by atoms with van der Waals surface area (Å²) in [5.74, 6) is -0.246. The fourth-order valence-corrected chi connectivity index (χ4v) is 2.72. The summed E-state index contributed by atoms with van der Waals surface area (Å²) in [7, 11) is 1.60. The van der Waals surface area contributed by atoms with Crippen molar-refractivity contribution in [2.75, 3.05) is 12.8 Å². The van der Waals surface area contributed by atoms with Crippen molar-refractivity contribution in [1.82, 2.24) is 5.32 Å². The SMILES string of the molecule is CNC(=O)CCSc1csc(C(=O)O)c1. The summed E-state index contributed by atoms with van der Waals surface area (Å²) in [6.07, 6.45) is 0.444. The molecule has 6 heteroatoms. The smallest absolute Gasteiger partial charge is 0.345 e. The number of nitrogens with one attached hydrogen (secondary N) is 1. The Morgan fingerprint density at radius 3 is 2.87 bits per heavy atom.